The summed E-state index contributed by atoms with van der Waals surface area (Å²) in [5.41, 5.74) is 0.386. The van der Waals surface area contributed by atoms with Gasteiger partial charge in [-0.2, -0.15) is 41.9 Å². The third-order valence-corrected chi connectivity index (χ3v) is 6.11. The summed E-state index contributed by atoms with van der Waals surface area (Å²) in [6, 6.07) is 4.55. The van der Waals surface area contributed by atoms with Gasteiger partial charge in [0.15, 0.2) is 17.8 Å². The van der Waals surface area contributed by atoms with E-state index in [1.54, 1.807) is 0 Å². The van der Waals surface area contributed by atoms with Crippen molar-refractivity contribution in [3.63, 3.8) is 0 Å². The second-order valence-electron chi connectivity index (χ2n) is 8.13. The Morgan fingerprint density at radius 3 is 2.60 bits per heavy atom. The van der Waals surface area contributed by atoms with Crippen molar-refractivity contribution in [3.05, 3.63) is 77.3 Å². The lowest BCUT2D eigenvalue weighted by Gasteiger charge is -2.18. The van der Waals surface area contributed by atoms with E-state index in [1.807, 2.05) is 0 Å². The molecule has 0 radical (unpaired) electrons. The van der Waals surface area contributed by atoms with Crippen LogP contribution >= 0.6 is 11.6 Å². The highest BCUT2D eigenvalue weighted by Gasteiger charge is 2.27. The minimum Gasteiger partial charge on any atom is -0.618 e. The number of aromatic nitrogens is 10. The van der Waals surface area contributed by atoms with Crippen molar-refractivity contribution in [2.45, 2.75) is 25.6 Å². The third kappa shape index (κ3) is 5.32. The number of tetrazole rings is 1. The number of halogens is 6. The standard InChI is InChI=1S/C22H16ClF5N10O2/c23-14-2-4-17(36-11-30-33-34-36)18(19(14)24)12-1-3-16(37(39)9-12)15(5-6-40-22(27)28)35-8-13(7-31-35)20-29-10-32-38(20)21(25)26/h1-4,7-11,15,21-22H,5-6H2/t15-/m0/s1. The average molecular weight is 583 g/mol. The monoisotopic (exact) mass is 582 g/mol. The van der Waals surface area contributed by atoms with E-state index < -0.39 is 31.6 Å². The first-order valence-electron chi connectivity index (χ1n) is 11.3. The molecule has 4 aromatic heterocycles. The Morgan fingerprint density at radius 2 is 1.90 bits per heavy atom. The molecule has 0 unspecified atom stereocenters. The topological polar surface area (TPSA) is 128 Å². The van der Waals surface area contributed by atoms with Crippen LogP contribution in [0.15, 0.2) is 55.5 Å². The predicted molar refractivity (Wildman–Crippen MR) is 126 cm³/mol. The van der Waals surface area contributed by atoms with Crippen LogP contribution < -0.4 is 4.73 Å². The largest absolute Gasteiger partial charge is 0.618 e. The van der Waals surface area contributed by atoms with Crippen LogP contribution in [0, 0.1) is 11.0 Å². The van der Waals surface area contributed by atoms with E-state index in [4.69, 9.17) is 11.6 Å². The van der Waals surface area contributed by atoms with Crippen molar-refractivity contribution in [1.29, 1.82) is 0 Å². The number of benzene rings is 1. The molecule has 0 amide bonds. The molecule has 1 aromatic carbocycles. The van der Waals surface area contributed by atoms with Gasteiger partial charge in [0.1, 0.15) is 18.7 Å². The first-order valence-corrected chi connectivity index (χ1v) is 11.7. The predicted octanol–water partition coefficient (Wildman–Crippen LogP) is 3.82. The Hall–Kier alpha value is -4.51. The minimum atomic E-state index is -3.06. The van der Waals surface area contributed by atoms with Crippen LogP contribution in [-0.2, 0) is 4.74 Å². The molecule has 0 aliphatic carbocycles. The smallest absolute Gasteiger partial charge is 0.345 e. The van der Waals surface area contributed by atoms with E-state index in [0.29, 0.717) is 9.41 Å². The van der Waals surface area contributed by atoms with E-state index in [2.05, 4.69) is 35.4 Å². The number of ether oxygens (including phenoxy) is 1. The highest BCUT2D eigenvalue weighted by molar-refractivity contribution is 6.31. The van der Waals surface area contributed by atoms with Gasteiger partial charge in [0.2, 0.25) is 5.69 Å². The van der Waals surface area contributed by atoms with Gasteiger partial charge in [0.05, 0.1) is 40.2 Å². The van der Waals surface area contributed by atoms with Gasteiger partial charge in [-0.15, -0.1) is 5.10 Å². The quantitative estimate of drug-likeness (QED) is 0.138. The van der Waals surface area contributed by atoms with Crippen molar-refractivity contribution in [1.82, 2.24) is 44.8 Å². The minimum absolute atomic E-state index is 0.0120. The molecule has 5 aromatic rings. The Labute approximate surface area is 225 Å². The lowest BCUT2D eigenvalue weighted by molar-refractivity contribution is -0.615. The Kier molecular flexibility index (Phi) is 7.65. The molecule has 0 saturated heterocycles. The van der Waals surface area contributed by atoms with Crippen LogP contribution in [0.3, 0.4) is 0 Å². The van der Waals surface area contributed by atoms with Crippen LogP contribution in [-0.4, -0.2) is 58.0 Å². The third-order valence-electron chi connectivity index (χ3n) is 5.82. The van der Waals surface area contributed by atoms with Crippen LogP contribution in [0.4, 0.5) is 22.0 Å². The van der Waals surface area contributed by atoms with E-state index in [1.165, 1.54) is 52.4 Å². The number of nitrogens with zero attached hydrogens (tertiary/aromatic N) is 10. The summed E-state index contributed by atoms with van der Waals surface area (Å²) in [7, 11) is 0. The van der Waals surface area contributed by atoms with Gasteiger partial charge < -0.3 is 9.94 Å². The molecule has 1 atom stereocenters. The molecular formula is C22H16ClF5N10O2. The SMILES string of the molecule is [O-][n+]1cc(-c2c(-n3cnnn3)ccc(Cl)c2F)ccc1[C@H](CCOC(F)F)n1cc(-c2ncnn2C(F)F)cn1. The summed E-state index contributed by atoms with van der Waals surface area (Å²) >= 11 is 5.99. The molecular weight excluding hydrogens is 567 g/mol. The number of hydrogen-bond acceptors (Lipinski definition) is 8. The second kappa shape index (κ2) is 11.3. The number of hydrogen-bond donors (Lipinski definition) is 0. The Morgan fingerprint density at radius 1 is 1.07 bits per heavy atom. The van der Waals surface area contributed by atoms with Crippen molar-refractivity contribution in [2.75, 3.05) is 6.61 Å². The van der Waals surface area contributed by atoms with E-state index in [9.17, 15) is 22.8 Å². The van der Waals surface area contributed by atoms with E-state index in [-0.39, 0.29) is 45.3 Å². The van der Waals surface area contributed by atoms with Gasteiger partial charge in [-0.25, -0.2) is 9.37 Å². The fourth-order valence-corrected chi connectivity index (χ4v) is 4.24. The molecule has 0 N–H and O–H groups in total. The molecule has 0 bridgehead atoms. The van der Waals surface area contributed by atoms with Gasteiger partial charge >= 0.3 is 13.2 Å². The Balaban J connectivity index is 1.54. The van der Waals surface area contributed by atoms with Gasteiger partial charge in [0.25, 0.3) is 0 Å². The van der Waals surface area contributed by atoms with Crippen molar-refractivity contribution in [2.24, 2.45) is 0 Å². The summed E-state index contributed by atoms with van der Waals surface area (Å²) in [5, 5.41) is 31.5. The maximum atomic E-state index is 15.2. The lowest BCUT2D eigenvalue weighted by Crippen LogP contribution is -2.36. The highest BCUT2D eigenvalue weighted by Crippen LogP contribution is 2.33. The lowest BCUT2D eigenvalue weighted by atomic mass is 10.0. The fourth-order valence-electron chi connectivity index (χ4n) is 4.08. The summed E-state index contributed by atoms with van der Waals surface area (Å²) < 4.78 is 74.7. The molecule has 0 aliphatic rings. The zero-order chi connectivity index (χ0) is 28.4. The number of alkyl halides is 4. The van der Waals surface area contributed by atoms with Gasteiger partial charge in [-0.3, -0.25) is 4.68 Å². The van der Waals surface area contributed by atoms with Crippen LogP contribution in [0.2, 0.25) is 5.02 Å². The molecule has 208 valence electrons. The number of rotatable bonds is 10. The maximum absolute atomic E-state index is 15.2. The fraction of sp³-hybridized carbons (Fsp3) is 0.227. The van der Waals surface area contributed by atoms with Crippen molar-refractivity contribution in [3.8, 4) is 28.2 Å². The molecule has 5 rings (SSSR count). The Bertz CT molecular complexity index is 1610. The molecule has 12 nitrogen and oxygen atoms in total. The van der Waals surface area contributed by atoms with Gasteiger partial charge in [0, 0.05) is 18.7 Å². The molecule has 18 heteroatoms. The summed E-state index contributed by atoms with van der Waals surface area (Å²) in [6.07, 6.45) is 5.61. The zero-order valence-corrected chi connectivity index (χ0v) is 20.7. The van der Waals surface area contributed by atoms with Gasteiger partial charge in [-0.1, -0.05) is 11.6 Å². The summed E-state index contributed by atoms with van der Waals surface area (Å²) in [6.45, 7) is -6.51. The van der Waals surface area contributed by atoms with Crippen LogP contribution in [0.1, 0.15) is 24.7 Å². The van der Waals surface area contributed by atoms with E-state index >= 15 is 4.39 Å². The summed E-state index contributed by atoms with van der Waals surface area (Å²) in [4.78, 5) is 3.81. The van der Waals surface area contributed by atoms with Crippen molar-refractivity contribution < 1.29 is 31.4 Å². The maximum Gasteiger partial charge on any atom is 0.345 e. The molecule has 40 heavy (non-hydrogen) atoms. The second-order valence-corrected chi connectivity index (χ2v) is 8.54. The normalized spacial score (nSPS) is 12.5. The molecule has 4 heterocycles. The molecule has 0 aliphatic heterocycles. The summed E-state index contributed by atoms with van der Waals surface area (Å²) in [5.74, 6) is -1.02. The molecule has 0 fully saturated rings. The van der Waals surface area contributed by atoms with Crippen molar-refractivity contribution >= 4 is 11.6 Å². The average Bonchev–Trinajstić information content (AvgIpc) is 3.70. The van der Waals surface area contributed by atoms with E-state index in [0.717, 1.165) is 12.5 Å². The first kappa shape index (κ1) is 27.1. The molecule has 0 spiro atoms. The highest BCUT2D eigenvalue weighted by atomic mass is 35.5. The zero-order valence-electron chi connectivity index (χ0n) is 19.9. The van der Waals surface area contributed by atoms with Crippen LogP contribution in [0.25, 0.3) is 28.2 Å². The first-order chi connectivity index (χ1) is 19.2. The van der Waals surface area contributed by atoms with Gasteiger partial charge in [-0.05, 0) is 28.6 Å². The van der Waals surface area contributed by atoms with Crippen LogP contribution in [0.5, 0.6) is 0 Å². The molecule has 0 saturated carbocycles. The number of pyridine rings is 1.